The second kappa shape index (κ2) is 10.2. The quantitative estimate of drug-likeness (QED) is 0.351. The number of carbonyl (C=O) groups excluding carboxylic acids is 1. The van der Waals surface area contributed by atoms with Crippen LogP contribution < -0.4 is 4.74 Å². The Labute approximate surface area is 161 Å². The molecular weight excluding hydrogens is 380 g/mol. The van der Waals surface area contributed by atoms with Crippen molar-refractivity contribution in [2.24, 2.45) is 11.3 Å². The maximum absolute atomic E-state index is 12.2. The molecule has 0 bridgehead atoms. The van der Waals surface area contributed by atoms with E-state index < -0.39 is 5.41 Å². The van der Waals surface area contributed by atoms with E-state index in [0.717, 1.165) is 35.9 Å². The lowest BCUT2D eigenvalue weighted by Gasteiger charge is -2.23. The number of halogens is 1. The van der Waals surface area contributed by atoms with Crippen molar-refractivity contribution in [3.63, 3.8) is 0 Å². The van der Waals surface area contributed by atoms with Crippen molar-refractivity contribution in [3.8, 4) is 5.75 Å². The van der Waals surface area contributed by atoms with Crippen molar-refractivity contribution in [2.75, 3.05) is 13.2 Å². The summed E-state index contributed by atoms with van der Waals surface area (Å²) < 4.78 is 12.6. The lowest BCUT2D eigenvalue weighted by Crippen LogP contribution is -2.28. The minimum Gasteiger partial charge on any atom is -0.493 e. The highest BCUT2D eigenvalue weighted by atomic mass is 79.9. The van der Waals surface area contributed by atoms with E-state index in [1.807, 2.05) is 27.7 Å². The third-order valence-electron chi connectivity index (χ3n) is 4.30. The first-order valence-electron chi connectivity index (χ1n) is 9.32. The van der Waals surface area contributed by atoms with Gasteiger partial charge in [-0.3, -0.25) is 4.79 Å². The van der Waals surface area contributed by atoms with Crippen molar-refractivity contribution >= 4 is 21.9 Å². The molecule has 0 aromatic heterocycles. The molecule has 0 N–H and O–H groups in total. The molecule has 0 saturated carbocycles. The highest BCUT2D eigenvalue weighted by Gasteiger charge is 2.29. The van der Waals surface area contributed by atoms with Gasteiger partial charge in [-0.2, -0.15) is 0 Å². The normalized spacial score (nSPS) is 11.7. The average Bonchev–Trinajstić information content (AvgIpc) is 2.56. The van der Waals surface area contributed by atoms with Crippen molar-refractivity contribution in [1.82, 2.24) is 0 Å². The van der Waals surface area contributed by atoms with Gasteiger partial charge in [0.15, 0.2) is 0 Å². The second-order valence-electron chi connectivity index (χ2n) is 7.59. The predicted octanol–water partition coefficient (Wildman–Crippen LogP) is 5.96. The summed E-state index contributed by atoms with van der Waals surface area (Å²) in [5.74, 6) is 1.20. The summed E-state index contributed by atoms with van der Waals surface area (Å²) in [7, 11) is 0. The highest BCUT2D eigenvalue weighted by molar-refractivity contribution is 9.10. The van der Waals surface area contributed by atoms with E-state index in [2.05, 4.69) is 41.9 Å². The fraction of sp³-hybridized carbons (Fsp3) is 0.667. The van der Waals surface area contributed by atoms with Gasteiger partial charge in [0.05, 0.1) is 18.6 Å². The molecule has 0 unspecified atom stereocenters. The Morgan fingerprint density at radius 1 is 1.16 bits per heavy atom. The van der Waals surface area contributed by atoms with Crippen LogP contribution in [0.5, 0.6) is 5.75 Å². The standard InChI is InChI=1S/C21H33BrO3/c1-7-16-13-19(17(8-2)12-18(16)22)24-11-9-10-21(5,6)20(23)25-14-15(3)4/h12-13,15H,7-11,14H2,1-6H3. The van der Waals surface area contributed by atoms with Gasteiger partial charge in [0.1, 0.15) is 5.75 Å². The SMILES string of the molecule is CCc1cc(OCCCC(C)(C)C(=O)OCC(C)C)c(CC)cc1Br. The Kier molecular flexibility index (Phi) is 8.98. The van der Waals surface area contributed by atoms with Gasteiger partial charge in [0, 0.05) is 4.47 Å². The number of aryl methyl sites for hydroxylation is 2. The topological polar surface area (TPSA) is 35.5 Å². The van der Waals surface area contributed by atoms with E-state index in [9.17, 15) is 4.79 Å². The Morgan fingerprint density at radius 2 is 1.80 bits per heavy atom. The molecule has 0 aliphatic rings. The monoisotopic (exact) mass is 412 g/mol. The van der Waals surface area contributed by atoms with E-state index in [0.29, 0.717) is 19.1 Å². The van der Waals surface area contributed by atoms with Gasteiger partial charge in [0.25, 0.3) is 0 Å². The zero-order chi connectivity index (χ0) is 19.0. The second-order valence-corrected chi connectivity index (χ2v) is 8.44. The molecule has 1 rings (SSSR count). The first-order chi connectivity index (χ1) is 11.7. The van der Waals surface area contributed by atoms with E-state index in [4.69, 9.17) is 9.47 Å². The van der Waals surface area contributed by atoms with E-state index >= 15 is 0 Å². The summed E-state index contributed by atoms with van der Waals surface area (Å²) in [4.78, 5) is 12.2. The van der Waals surface area contributed by atoms with Gasteiger partial charge in [-0.1, -0.05) is 43.6 Å². The Bertz CT molecular complexity index is 565. The highest BCUT2D eigenvalue weighted by Crippen LogP contribution is 2.29. The van der Waals surface area contributed by atoms with Gasteiger partial charge in [-0.25, -0.2) is 0 Å². The van der Waals surface area contributed by atoms with Gasteiger partial charge < -0.3 is 9.47 Å². The average molecular weight is 413 g/mol. The molecule has 0 radical (unpaired) electrons. The van der Waals surface area contributed by atoms with Crippen LogP contribution in [-0.4, -0.2) is 19.2 Å². The van der Waals surface area contributed by atoms with Crippen molar-refractivity contribution in [1.29, 1.82) is 0 Å². The molecule has 0 spiro atoms. The summed E-state index contributed by atoms with van der Waals surface area (Å²) in [5.41, 5.74) is 1.99. The van der Waals surface area contributed by atoms with Crippen LogP contribution in [0.2, 0.25) is 0 Å². The van der Waals surface area contributed by atoms with E-state index in [1.54, 1.807) is 0 Å². The lowest BCUT2D eigenvalue weighted by molar-refractivity contribution is -0.155. The van der Waals surface area contributed by atoms with E-state index in [-0.39, 0.29) is 5.97 Å². The molecular formula is C21H33BrO3. The number of rotatable bonds is 10. The third kappa shape index (κ3) is 7.01. The number of hydrogen-bond acceptors (Lipinski definition) is 3. The van der Waals surface area contributed by atoms with Crippen molar-refractivity contribution in [3.05, 3.63) is 27.7 Å². The fourth-order valence-corrected chi connectivity index (χ4v) is 3.23. The number of ether oxygens (including phenoxy) is 2. The minimum atomic E-state index is -0.472. The molecule has 0 heterocycles. The van der Waals surface area contributed by atoms with Crippen molar-refractivity contribution < 1.29 is 14.3 Å². The fourth-order valence-electron chi connectivity index (χ4n) is 2.55. The summed E-state index contributed by atoms with van der Waals surface area (Å²) in [6, 6.07) is 4.28. The van der Waals surface area contributed by atoms with Crippen LogP contribution in [0, 0.1) is 11.3 Å². The van der Waals surface area contributed by atoms with Crippen molar-refractivity contribution in [2.45, 2.75) is 67.2 Å². The first-order valence-corrected chi connectivity index (χ1v) is 10.1. The summed E-state index contributed by atoms with van der Waals surface area (Å²) in [6.07, 6.45) is 3.48. The predicted molar refractivity (Wildman–Crippen MR) is 107 cm³/mol. The van der Waals surface area contributed by atoms with Crippen LogP contribution in [0.4, 0.5) is 0 Å². The zero-order valence-electron chi connectivity index (χ0n) is 16.6. The van der Waals surface area contributed by atoms with Crippen LogP contribution in [0.25, 0.3) is 0 Å². The van der Waals surface area contributed by atoms with Crippen LogP contribution >= 0.6 is 15.9 Å². The third-order valence-corrected chi connectivity index (χ3v) is 5.03. The van der Waals surface area contributed by atoms with Gasteiger partial charge in [-0.15, -0.1) is 0 Å². The van der Waals surface area contributed by atoms with Gasteiger partial charge in [0.2, 0.25) is 0 Å². The van der Waals surface area contributed by atoms with Gasteiger partial charge in [-0.05, 0) is 68.7 Å². The van der Waals surface area contributed by atoms with E-state index in [1.165, 1.54) is 11.1 Å². The van der Waals surface area contributed by atoms with Crippen LogP contribution in [-0.2, 0) is 22.4 Å². The molecule has 25 heavy (non-hydrogen) atoms. The molecule has 0 saturated heterocycles. The Morgan fingerprint density at radius 3 is 2.36 bits per heavy atom. The number of carbonyl (C=O) groups is 1. The number of hydrogen-bond donors (Lipinski definition) is 0. The maximum Gasteiger partial charge on any atom is 0.311 e. The summed E-state index contributed by atoms with van der Waals surface area (Å²) in [6.45, 7) is 13.3. The number of esters is 1. The smallest absolute Gasteiger partial charge is 0.311 e. The molecule has 0 aliphatic carbocycles. The molecule has 0 aliphatic heterocycles. The molecule has 0 fully saturated rings. The largest absolute Gasteiger partial charge is 0.493 e. The molecule has 142 valence electrons. The van der Waals surface area contributed by atoms with Crippen LogP contribution in [0.3, 0.4) is 0 Å². The number of benzene rings is 1. The lowest BCUT2D eigenvalue weighted by atomic mass is 9.88. The molecule has 0 amide bonds. The molecule has 0 atom stereocenters. The molecule has 1 aromatic carbocycles. The first kappa shape index (κ1) is 22.0. The Hall–Kier alpha value is -1.03. The Balaban J connectivity index is 2.56. The molecule has 4 heteroatoms. The minimum absolute atomic E-state index is 0.118. The molecule has 1 aromatic rings. The van der Waals surface area contributed by atoms with Crippen LogP contribution in [0.1, 0.15) is 65.5 Å². The summed E-state index contributed by atoms with van der Waals surface area (Å²) >= 11 is 3.62. The van der Waals surface area contributed by atoms with Crippen LogP contribution in [0.15, 0.2) is 16.6 Å². The molecule has 3 nitrogen and oxygen atoms in total. The van der Waals surface area contributed by atoms with Gasteiger partial charge >= 0.3 is 5.97 Å². The maximum atomic E-state index is 12.2. The summed E-state index contributed by atoms with van der Waals surface area (Å²) in [5, 5.41) is 0. The zero-order valence-corrected chi connectivity index (χ0v) is 18.2.